The molecule has 0 amide bonds. The summed E-state index contributed by atoms with van der Waals surface area (Å²) in [5.41, 5.74) is 2.95. The normalized spacial score (nSPS) is 11.0. The maximum Gasteiger partial charge on any atom is 0.129 e. The van der Waals surface area contributed by atoms with Crippen molar-refractivity contribution < 1.29 is 4.39 Å². The first-order chi connectivity index (χ1) is 8.81. The quantitative estimate of drug-likeness (QED) is 0.679. The van der Waals surface area contributed by atoms with Gasteiger partial charge in [0.2, 0.25) is 0 Å². The Labute approximate surface area is 111 Å². The van der Waals surface area contributed by atoms with Crippen LogP contribution in [-0.4, -0.2) is 15.0 Å². The van der Waals surface area contributed by atoms with Crippen LogP contribution in [0, 0.1) is 5.82 Å². The van der Waals surface area contributed by atoms with Gasteiger partial charge in [0.25, 0.3) is 0 Å². The number of hydrogen-bond donors (Lipinski definition) is 0. The van der Waals surface area contributed by atoms with E-state index >= 15 is 0 Å². The Kier molecular flexibility index (Phi) is 2.83. The van der Waals surface area contributed by atoms with Crippen LogP contribution >= 0.6 is 15.9 Å². The third-order valence-corrected chi connectivity index (χ3v) is 3.37. The molecule has 18 heavy (non-hydrogen) atoms. The monoisotopic (exact) mass is 305 g/mol. The minimum atomic E-state index is -0.246. The fourth-order valence-electron chi connectivity index (χ4n) is 1.92. The molecule has 2 aromatic carbocycles. The molecule has 0 unspecified atom stereocenters. The lowest BCUT2D eigenvalue weighted by molar-refractivity contribution is 0.614. The van der Waals surface area contributed by atoms with Crippen molar-refractivity contribution in [3.05, 3.63) is 53.8 Å². The van der Waals surface area contributed by atoms with Gasteiger partial charge in [0.1, 0.15) is 11.3 Å². The van der Waals surface area contributed by atoms with Gasteiger partial charge in [0, 0.05) is 10.9 Å². The number of aromatic nitrogens is 3. The number of nitrogens with zero attached hydrogens (tertiary/aromatic N) is 3. The summed E-state index contributed by atoms with van der Waals surface area (Å²) in [6.07, 6.45) is 0. The first kappa shape index (κ1) is 11.3. The molecule has 0 atom stereocenters. The lowest BCUT2D eigenvalue weighted by atomic mass is 10.2. The van der Waals surface area contributed by atoms with Crippen molar-refractivity contribution in [3.63, 3.8) is 0 Å². The fourth-order valence-corrected chi connectivity index (χ4v) is 2.48. The average molecular weight is 306 g/mol. The Bertz CT molecular complexity index is 708. The minimum Gasteiger partial charge on any atom is -0.212 e. The Hall–Kier alpha value is -1.75. The van der Waals surface area contributed by atoms with Crippen molar-refractivity contribution >= 4 is 27.0 Å². The van der Waals surface area contributed by atoms with E-state index in [1.807, 2.05) is 30.3 Å². The van der Waals surface area contributed by atoms with Crippen LogP contribution in [-0.2, 0) is 5.33 Å². The van der Waals surface area contributed by atoms with E-state index in [1.54, 1.807) is 10.7 Å². The predicted octanol–water partition coefficient (Wildman–Crippen LogP) is 3.45. The molecule has 0 radical (unpaired) electrons. The van der Waals surface area contributed by atoms with Crippen LogP contribution in [0.5, 0.6) is 0 Å². The Balaban J connectivity index is 2.30. The second kappa shape index (κ2) is 4.49. The van der Waals surface area contributed by atoms with Gasteiger partial charge in [-0.25, -0.2) is 9.07 Å². The van der Waals surface area contributed by atoms with E-state index in [1.165, 1.54) is 6.07 Å². The van der Waals surface area contributed by atoms with Gasteiger partial charge in [-0.1, -0.05) is 39.3 Å². The Morgan fingerprint density at radius 3 is 2.78 bits per heavy atom. The molecule has 0 spiro atoms. The fraction of sp³-hybridized carbons (Fsp3) is 0.0769. The van der Waals surface area contributed by atoms with Gasteiger partial charge in [-0.3, -0.25) is 0 Å². The van der Waals surface area contributed by atoms with Crippen molar-refractivity contribution in [1.82, 2.24) is 15.0 Å². The maximum atomic E-state index is 13.8. The van der Waals surface area contributed by atoms with Crippen LogP contribution in [0.25, 0.3) is 16.7 Å². The first-order valence-electron chi connectivity index (χ1n) is 5.45. The zero-order valence-corrected chi connectivity index (χ0v) is 10.9. The molecule has 3 rings (SSSR count). The van der Waals surface area contributed by atoms with E-state index in [2.05, 4.69) is 26.2 Å². The van der Waals surface area contributed by atoms with Gasteiger partial charge in [-0.2, -0.15) is 0 Å². The van der Waals surface area contributed by atoms with Gasteiger partial charge in [0.15, 0.2) is 0 Å². The molecule has 1 heterocycles. The van der Waals surface area contributed by atoms with Crippen LogP contribution in [0.3, 0.4) is 0 Å². The second-order valence-corrected chi connectivity index (χ2v) is 4.42. The number of rotatable bonds is 2. The van der Waals surface area contributed by atoms with Gasteiger partial charge in [-0.15, -0.1) is 5.10 Å². The highest BCUT2D eigenvalue weighted by Gasteiger charge is 2.12. The summed E-state index contributed by atoms with van der Waals surface area (Å²) in [4.78, 5) is 0. The molecule has 0 aliphatic rings. The predicted molar refractivity (Wildman–Crippen MR) is 71.5 cm³/mol. The molecule has 0 saturated heterocycles. The summed E-state index contributed by atoms with van der Waals surface area (Å²) in [6.45, 7) is 0. The number of alkyl halides is 1. The van der Waals surface area contributed by atoms with Crippen molar-refractivity contribution in [2.75, 3.05) is 0 Å². The molecule has 3 nitrogen and oxygen atoms in total. The lowest BCUT2D eigenvalue weighted by Crippen LogP contribution is -2.02. The average Bonchev–Trinajstić information content (AvgIpc) is 2.82. The SMILES string of the molecule is Fc1cccc(-n2nnc3ccccc32)c1CBr. The molecule has 3 aromatic rings. The highest BCUT2D eigenvalue weighted by Crippen LogP contribution is 2.23. The number of para-hydroxylation sites is 1. The van der Waals surface area contributed by atoms with Crippen molar-refractivity contribution in [2.24, 2.45) is 0 Å². The molecule has 5 heteroatoms. The topological polar surface area (TPSA) is 30.7 Å². The molecule has 90 valence electrons. The molecule has 0 aliphatic carbocycles. The lowest BCUT2D eigenvalue weighted by Gasteiger charge is -2.08. The molecular formula is C13H9BrFN3. The summed E-state index contributed by atoms with van der Waals surface area (Å²) < 4.78 is 15.4. The number of hydrogen-bond acceptors (Lipinski definition) is 2. The van der Waals surface area contributed by atoms with E-state index in [0.29, 0.717) is 16.6 Å². The second-order valence-electron chi connectivity index (χ2n) is 3.86. The Morgan fingerprint density at radius 1 is 1.11 bits per heavy atom. The highest BCUT2D eigenvalue weighted by atomic mass is 79.9. The van der Waals surface area contributed by atoms with Crippen LogP contribution in [0.2, 0.25) is 0 Å². The summed E-state index contributed by atoms with van der Waals surface area (Å²) in [5, 5.41) is 8.60. The minimum absolute atomic E-state index is 0.246. The van der Waals surface area contributed by atoms with Crippen LogP contribution in [0.1, 0.15) is 5.56 Å². The zero-order chi connectivity index (χ0) is 12.5. The molecule has 0 bridgehead atoms. The molecular weight excluding hydrogens is 297 g/mol. The van der Waals surface area contributed by atoms with E-state index in [9.17, 15) is 4.39 Å². The van der Waals surface area contributed by atoms with Crippen molar-refractivity contribution in [1.29, 1.82) is 0 Å². The molecule has 0 N–H and O–H groups in total. The molecule has 0 fully saturated rings. The smallest absolute Gasteiger partial charge is 0.129 e. The number of fused-ring (bicyclic) bond motifs is 1. The number of halogens is 2. The third-order valence-electron chi connectivity index (χ3n) is 2.81. The van der Waals surface area contributed by atoms with E-state index in [4.69, 9.17) is 0 Å². The standard InChI is InChI=1S/C13H9BrFN3/c14-8-9-10(15)4-3-7-12(9)18-13-6-2-1-5-11(13)16-17-18/h1-7H,8H2. The Morgan fingerprint density at radius 2 is 1.94 bits per heavy atom. The van der Waals surface area contributed by atoms with E-state index in [0.717, 1.165) is 11.0 Å². The van der Waals surface area contributed by atoms with E-state index < -0.39 is 0 Å². The first-order valence-corrected chi connectivity index (χ1v) is 6.57. The largest absolute Gasteiger partial charge is 0.212 e. The summed E-state index contributed by atoms with van der Waals surface area (Å²) in [6, 6.07) is 12.6. The number of benzene rings is 2. The van der Waals surface area contributed by atoms with E-state index in [-0.39, 0.29) is 5.82 Å². The van der Waals surface area contributed by atoms with Gasteiger partial charge >= 0.3 is 0 Å². The van der Waals surface area contributed by atoms with Crippen LogP contribution < -0.4 is 0 Å². The van der Waals surface area contributed by atoms with Crippen LogP contribution in [0.15, 0.2) is 42.5 Å². The van der Waals surface area contributed by atoms with Crippen LogP contribution in [0.4, 0.5) is 4.39 Å². The highest BCUT2D eigenvalue weighted by molar-refractivity contribution is 9.08. The van der Waals surface area contributed by atoms with Gasteiger partial charge in [-0.05, 0) is 24.3 Å². The molecule has 0 saturated carbocycles. The summed E-state index contributed by atoms with van der Waals surface area (Å²) in [7, 11) is 0. The van der Waals surface area contributed by atoms with Gasteiger partial charge in [0.05, 0.1) is 11.2 Å². The molecule has 0 aliphatic heterocycles. The summed E-state index contributed by atoms with van der Waals surface area (Å²) in [5.74, 6) is -0.246. The molecule has 1 aromatic heterocycles. The van der Waals surface area contributed by atoms with Crippen molar-refractivity contribution in [2.45, 2.75) is 5.33 Å². The zero-order valence-electron chi connectivity index (χ0n) is 9.35. The third kappa shape index (κ3) is 1.71. The maximum absolute atomic E-state index is 13.8. The summed E-state index contributed by atoms with van der Waals surface area (Å²) >= 11 is 3.31. The van der Waals surface area contributed by atoms with Crippen molar-refractivity contribution in [3.8, 4) is 5.69 Å². The van der Waals surface area contributed by atoms with Gasteiger partial charge < -0.3 is 0 Å².